The summed E-state index contributed by atoms with van der Waals surface area (Å²) >= 11 is 7.90. The van der Waals surface area contributed by atoms with Gasteiger partial charge in [-0.25, -0.2) is 4.39 Å². The Hall–Kier alpha value is -0.250. The monoisotopic (exact) mass is 273 g/mol. The number of benzene rings is 1. The number of halogens is 2. The zero-order valence-corrected chi connectivity index (χ0v) is 11.5. The van der Waals surface area contributed by atoms with E-state index in [0.29, 0.717) is 28.3 Å². The first-order valence-corrected chi connectivity index (χ1v) is 7.36. The van der Waals surface area contributed by atoms with Gasteiger partial charge in [0.15, 0.2) is 0 Å². The summed E-state index contributed by atoms with van der Waals surface area (Å²) in [6.07, 6.45) is 3.20. The molecule has 0 aliphatic carbocycles. The highest BCUT2D eigenvalue weighted by molar-refractivity contribution is 8.00. The van der Waals surface area contributed by atoms with E-state index in [2.05, 4.69) is 5.32 Å². The van der Waals surface area contributed by atoms with Crippen molar-refractivity contribution >= 4 is 23.4 Å². The Morgan fingerprint density at radius 2 is 2.41 bits per heavy atom. The van der Waals surface area contributed by atoms with Crippen LogP contribution in [0.1, 0.15) is 18.4 Å². The Labute approximate surface area is 111 Å². The highest BCUT2D eigenvalue weighted by Crippen LogP contribution is 2.30. The predicted octanol–water partition coefficient (Wildman–Crippen LogP) is 3.51. The topological polar surface area (TPSA) is 12.0 Å². The maximum Gasteiger partial charge on any atom is 0.126 e. The summed E-state index contributed by atoms with van der Waals surface area (Å²) in [6, 6.07) is 5.11. The van der Waals surface area contributed by atoms with Gasteiger partial charge in [0.05, 0.1) is 0 Å². The smallest absolute Gasteiger partial charge is 0.126 e. The lowest BCUT2D eigenvalue weighted by molar-refractivity contribution is 0.508. The molecule has 0 spiro atoms. The molecule has 2 atom stereocenters. The Balaban J connectivity index is 2.09. The van der Waals surface area contributed by atoms with Crippen LogP contribution in [0.25, 0.3) is 0 Å². The first-order valence-electron chi connectivity index (χ1n) is 5.93. The molecule has 1 saturated heterocycles. The second-order valence-corrected chi connectivity index (χ2v) is 6.17. The summed E-state index contributed by atoms with van der Waals surface area (Å²) in [5, 5.41) is 4.51. The van der Waals surface area contributed by atoms with Gasteiger partial charge >= 0.3 is 0 Å². The minimum Gasteiger partial charge on any atom is -0.316 e. The quantitative estimate of drug-likeness (QED) is 0.901. The van der Waals surface area contributed by atoms with Crippen LogP contribution in [0, 0.1) is 5.82 Å². The Morgan fingerprint density at radius 1 is 1.59 bits per heavy atom. The average molecular weight is 274 g/mol. The zero-order valence-electron chi connectivity index (χ0n) is 9.88. The van der Waals surface area contributed by atoms with Gasteiger partial charge < -0.3 is 5.32 Å². The van der Waals surface area contributed by atoms with Crippen LogP contribution < -0.4 is 5.32 Å². The van der Waals surface area contributed by atoms with Gasteiger partial charge in [0, 0.05) is 16.3 Å². The molecule has 1 nitrogen and oxygen atoms in total. The molecule has 2 rings (SSSR count). The molecule has 1 aromatic rings. The second-order valence-electron chi connectivity index (χ2n) is 4.39. The Bertz CT molecular complexity index is 380. The normalized spacial score (nSPS) is 21.7. The first-order chi connectivity index (χ1) is 8.20. The van der Waals surface area contributed by atoms with Gasteiger partial charge in [0.2, 0.25) is 0 Å². The molecule has 94 valence electrons. The number of thioether (sulfide) groups is 1. The van der Waals surface area contributed by atoms with Crippen molar-refractivity contribution in [1.82, 2.24) is 5.32 Å². The van der Waals surface area contributed by atoms with E-state index in [9.17, 15) is 4.39 Å². The van der Waals surface area contributed by atoms with Crippen LogP contribution in [0.3, 0.4) is 0 Å². The van der Waals surface area contributed by atoms with Gasteiger partial charge in [-0.05, 0) is 55.8 Å². The van der Waals surface area contributed by atoms with Crippen molar-refractivity contribution in [2.45, 2.75) is 30.6 Å². The Kier molecular flexibility index (Phi) is 4.71. The predicted molar refractivity (Wildman–Crippen MR) is 73.4 cm³/mol. The lowest BCUT2D eigenvalue weighted by Gasteiger charge is -2.22. The van der Waals surface area contributed by atoms with Crippen LogP contribution >= 0.6 is 23.4 Å². The van der Waals surface area contributed by atoms with Crippen LogP contribution in [-0.4, -0.2) is 24.1 Å². The third-order valence-electron chi connectivity index (χ3n) is 3.23. The lowest BCUT2D eigenvalue weighted by atomic mass is 10.0. The molecule has 2 unspecified atom stereocenters. The fourth-order valence-electron chi connectivity index (χ4n) is 2.28. The summed E-state index contributed by atoms with van der Waals surface area (Å²) < 4.78 is 13.7. The maximum absolute atomic E-state index is 13.7. The summed E-state index contributed by atoms with van der Waals surface area (Å²) in [4.78, 5) is 0. The van der Waals surface area contributed by atoms with Gasteiger partial charge in [0.25, 0.3) is 0 Å². The van der Waals surface area contributed by atoms with E-state index >= 15 is 0 Å². The molecule has 0 amide bonds. The van der Waals surface area contributed by atoms with Crippen molar-refractivity contribution in [3.8, 4) is 0 Å². The highest BCUT2D eigenvalue weighted by atomic mass is 35.5. The number of likely N-dealkylation sites (N-methyl/N-ethyl adjacent to an activating group) is 1. The lowest BCUT2D eigenvalue weighted by Crippen LogP contribution is -2.36. The fourth-order valence-corrected chi connectivity index (χ4v) is 3.90. The number of nitrogens with one attached hydrogen (secondary N) is 1. The summed E-state index contributed by atoms with van der Waals surface area (Å²) in [6.45, 7) is 0. The minimum absolute atomic E-state index is 0.155. The molecule has 0 radical (unpaired) electrons. The molecule has 4 heteroatoms. The van der Waals surface area contributed by atoms with Gasteiger partial charge in [-0.2, -0.15) is 11.8 Å². The third kappa shape index (κ3) is 3.36. The van der Waals surface area contributed by atoms with Crippen LogP contribution in [0.15, 0.2) is 18.2 Å². The molecule has 0 aromatic heterocycles. The molecule has 17 heavy (non-hydrogen) atoms. The van der Waals surface area contributed by atoms with Crippen LogP contribution in [0.2, 0.25) is 5.02 Å². The maximum atomic E-state index is 13.7. The summed E-state index contributed by atoms with van der Waals surface area (Å²) in [7, 11) is 1.95. The summed E-state index contributed by atoms with van der Waals surface area (Å²) in [5.41, 5.74) is 0.712. The van der Waals surface area contributed by atoms with Crippen molar-refractivity contribution in [2.24, 2.45) is 0 Å². The minimum atomic E-state index is -0.155. The van der Waals surface area contributed by atoms with Gasteiger partial charge in [0.1, 0.15) is 5.82 Å². The van der Waals surface area contributed by atoms with Crippen molar-refractivity contribution in [3.05, 3.63) is 34.6 Å². The zero-order chi connectivity index (χ0) is 12.3. The van der Waals surface area contributed by atoms with Crippen molar-refractivity contribution in [1.29, 1.82) is 0 Å². The molecule has 0 bridgehead atoms. The van der Waals surface area contributed by atoms with Crippen LogP contribution in [-0.2, 0) is 6.42 Å². The molecule has 1 heterocycles. The average Bonchev–Trinajstić information content (AvgIpc) is 2.84. The largest absolute Gasteiger partial charge is 0.316 e. The van der Waals surface area contributed by atoms with E-state index in [1.807, 2.05) is 18.8 Å². The SMILES string of the molecule is CNC(Cc1cc(Cl)ccc1F)C1CCCS1. The van der Waals surface area contributed by atoms with E-state index in [4.69, 9.17) is 11.6 Å². The molecule has 1 aliphatic heterocycles. The molecular weight excluding hydrogens is 257 g/mol. The fraction of sp³-hybridized carbons (Fsp3) is 0.538. The van der Waals surface area contributed by atoms with Gasteiger partial charge in [-0.3, -0.25) is 0 Å². The van der Waals surface area contributed by atoms with Gasteiger partial charge in [-0.1, -0.05) is 11.6 Å². The standard InChI is InChI=1S/C13H17ClFNS/c1-16-12(13-3-2-6-17-13)8-9-7-10(14)4-5-11(9)15/h4-5,7,12-13,16H,2-3,6,8H2,1H3. The van der Waals surface area contributed by atoms with E-state index in [1.54, 1.807) is 12.1 Å². The van der Waals surface area contributed by atoms with Crippen molar-refractivity contribution in [3.63, 3.8) is 0 Å². The molecule has 1 aliphatic rings. The molecular formula is C13H17ClFNS. The van der Waals surface area contributed by atoms with E-state index in [0.717, 1.165) is 0 Å². The number of rotatable bonds is 4. The van der Waals surface area contributed by atoms with Gasteiger partial charge in [-0.15, -0.1) is 0 Å². The Morgan fingerprint density at radius 3 is 3.06 bits per heavy atom. The second kappa shape index (κ2) is 6.07. The number of hydrogen-bond donors (Lipinski definition) is 1. The van der Waals surface area contributed by atoms with E-state index in [1.165, 1.54) is 24.7 Å². The van der Waals surface area contributed by atoms with Crippen molar-refractivity contribution < 1.29 is 4.39 Å². The third-order valence-corrected chi connectivity index (χ3v) is 4.98. The van der Waals surface area contributed by atoms with Crippen molar-refractivity contribution in [2.75, 3.05) is 12.8 Å². The molecule has 1 fully saturated rings. The van der Waals surface area contributed by atoms with E-state index < -0.39 is 0 Å². The molecule has 1 aromatic carbocycles. The first kappa shape index (κ1) is 13.2. The van der Waals surface area contributed by atoms with Crippen LogP contribution in [0.5, 0.6) is 0 Å². The molecule has 1 N–H and O–H groups in total. The van der Waals surface area contributed by atoms with Crippen LogP contribution in [0.4, 0.5) is 4.39 Å². The molecule has 0 saturated carbocycles. The summed E-state index contributed by atoms with van der Waals surface area (Å²) in [5.74, 6) is 1.07. The highest BCUT2D eigenvalue weighted by Gasteiger charge is 2.25. The number of hydrogen-bond acceptors (Lipinski definition) is 2. The van der Waals surface area contributed by atoms with E-state index in [-0.39, 0.29) is 5.82 Å².